The van der Waals surface area contributed by atoms with Gasteiger partial charge in [-0.1, -0.05) is 63.8 Å². The summed E-state index contributed by atoms with van der Waals surface area (Å²) >= 11 is 6.74. The van der Waals surface area contributed by atoms with Gasteiger partial charge in [0.1, 0.15) is 0 Å². The zero-order valence-corrected chi connectivity index (χ0v) is 18.5. The monoisotopic (exact) mass is 417 g/mol. The summed E-state index contributed by atoms with van der Waals surface area (Å²) in [6.07, 6.45) is 8.40. The number of amides is 1. The van der Waals surface area contributed by atoms with Crippen LogP contribution in [0.1, 0.15) is 82.8 Å². The molecule has 1 aromatic rings. The Kier molecular flexibility index (Phi) is 6.72. The Balaban J connectivity index is 1.93. The van der Waals surface area contributed by atoms with Gasteiger partial charge in [0.05, 0.1) is 6.42 Å². The second-order valence-corrected chi connectivity index (χ2v) is 9.46. The van der Waals surface area contributed by atoms with Crippen molar-refractivity contribution in [2.75, 3.05) is 6.54 Å². The van der Waals surface area contributed by atoms with Crippen LogP contribution in [0.5, 0.6) is 0 Å². The van der Waals surface area contributed by atoms with E-state index < -0.39 is 11.4 Å². The summed E-state index contributed by atoms with van der Waals surface area (Å²) in [5.41, 5.74) is 3.01. The highest BCUT2D eigenvalue weighted by Crippen LogP contribution is 2.45. The van der Waals surface area contributed by atoms with Crippen LogP contribution in [-0.4, -0.2) is 28.4 Å². The van der Waals surface area contributed by atoms with Gasteiger partial charge in [-0.15, -0.1) is 0 Å². The molecular formula is C24H32ClNO3. The van der Waals surface area contributed by atoms with E-state index in [1.54, 1.807) is 4.90 Å². The van der Waals surface area contributed by atoms with E-state index in [1.165, 1.54) is 37.7 Å². The standard InChI is InChI=1S/C24H32ClNO3/c1-16(2)20-15-26(12-11-23(28)29)22(27)14-24(20,3)18-9-10-19(21(25)13-18)17-7-5-4-6-8-17/h9-10,13,15-17H,4-8,11-12,14H2,1-3H3,(H,28,29)/t24-/m0/s1. The number of hydrogen-bond acceptors (Lipinski definition) is 2. The van der Waals surface area contributed by atoms with Crippen LogP contribution in [0.2, 0.25) is 5.02 Å². The number of allylic oxidation sites excluding steroid dienone is 1. The van der Waals surface area contributed by atoms with Crippen LogP contribution in [0.3, 0.4) is 0 Å². The lowest BCUT2D eigenvalue weighted by molar-refractivity contribution is -0.138. The normalized spacial score (nSPS) is 23.4. The Morgan fingerprint density at radius 2 is 1.97 bits per heavy atom. The smallest absolute Gasteiger partial charge is 0.305 e. The maximum absolute atomic E-state index is 12.8. The molecule has 3 rings (SSSR count). The molecule has 0 aromatic heterocycles. The molecule has 2 aliphatic rings. The van der Waals surface area contributed by atoms with Crippen LogP contribution in [0.4, 0.5) is 0 Å². The Morgan fingerprint density at radius 3 is 2.55 bits per heavy atom. The molecule has 1 aromatic carbocycles. The molecule has 5 heteroatoms. The largest absolute Gasteiger partial charge is 0.481 e. The highest BCUT2D eigenvalue weighted by molar-refractivity contribution is 6.31. The van der Waals surface area contributed by atoms with Gasteiger partial charge in [-0.05, 0) is 47.4 Å². The minimum absolute atomic E-state index is 0.0365. The number of carboxylic acids is 1. The van der Waals surface area contributed by atoms with Gasteiger partial charge in [0.25, 0.3) is 0 Å². The Bertz CT molecular complexity index is 810. The molecule has 0 unspecified atom stereocenters. The van der Waals surface area contributed by atoms with Crippen molar-refractivity contribution in [3.63, 3.8) is 0 Å². The summed E-state index contributed by atoms with van der Waals surface area (Å²) in [6, 6.07) is 6.37. The van der Waals surface area contributed by atoms with Gasteiger partial charge in [0.2, 0.25) is 5.91 Å². The molecule has 0 bridgehead atoms. The molecule has 1 amide bonds. The SMILES string of the molecule is CC(C)C1=CN(CCC(=O)O)C(=O)C[C@@]1(C)c1ccc(C2CCCCC2)c(Cl)c1. The highest BCUT2D eigenvalue weighted by atomic mass is 35.5. The number of halogens is 1. The summed E-state index contributed by atoms with van der Waals surface area (Å²) in [7, 11) is 0. The fourth-order valence-corrected chi connectivity index (χ4v) is 5.30. The Morgan fingerprint density at radius 1 is 1.28 bits per heavy atom. The number of hydrogen-bond donors (Lipinski definition) is 1. The maximum atomic E-state index is 12.8. The molecule has 1 heterocycles. The number of carboxylic acid groups (broad SMARTS) is 1. The van der Waals surface area contributed by atoms with E-state index in [1.807, 2.05) is 6.20 Å². The molecule has 1 aliphatic carbocycles. The van der Waals surface area contributed by atoms with Crippen molar-refractivity contribution in [3.8, 4) is 0 Å². The fraction of sp³-hybridized carbons (Fsp3) is 0.583. The third-order valence-corrected chi connectivity index (χ3v) is 6.96. The summed E-state index contributed by atoms with van der Waals surface area (Å²) in [5, 5.41) is 9.78. The quantitative estimate of drug-likeness (QED) is 0.627. The van der Waals surface area contributed by atoms with Crippen molar-refractivity contribution in [1.29, 1.82) is 0 Å². The number of benzene rings is 1. The van der Waals surface area contributed by atoms with Crippen LogP contribution in [0.15, 0.2) is 30.0 Å². The van der Waals surface area contributed by atoms with Crippen molar-refractivity contribution in [3.05, 3.63) is 46.1 Å². The van der Waals surface area contributed by atoms with Crippen molar-refractivity contribution in [1.82, 2.24) is 4.90 Å². The zero-order valence-electron chi connectivity index (χ0n) is 17.7. The van der Waals surface area contributed by atoms with Gasteiger partial charge >= 0.3 is 5.97 Å². The molecule has 0 radical (unpaired) electrons. The van der Waals surface area contributed by atoms with Gasteiger partial charge in [0.15, 0.2) is 0 Å². The van der Waals surface area contributed by atoms with Crippen molar-refractivity contribution < 1.29 is 14.7 Å². The molecule has 29 heavy (non-hydrogen) atoms. The van der Waals surface area contributed by atoms with E-state index in [0.29, 0.717) is 12.3 Å². The predicted molar refractivity (Wildman–Crippen MR) is 116 cm³/mol. The van der Waals surface area contributed by atoms with E-state index in [-0.39, 0.29) is 24.8 Å². The van der Waals surface area contributed by atoms with Crippen molar-refractivity contribution >= 4 is 23.5 Å². The fourth-order valence-electron chi connectivity index (χ4n) is 4.96. The lowest BCUT2D eigenvalue weighted by Crippen LogP contribution is -2.42. The first-order chi connectivity index (χ1) is 13.7. The van der Waals surface area contributed by atoms with Crippen molar-refractivity contribution in [2.24, 2.45) is 5.92 Å². The third kappa shape index (κ3) is 4.69. The van der Waals surface area contributed by atoms with Crippen molar-refractivity contribution in [2.45, 2.75) is 77.0 Å². The second kappa shape index (κ2) is 8.91. The first kappa shape index (κ1) is 21.9. The topological polar surface area (TPSA) is 57.6 Å². The van der Waals surface area contributed by atoms with Gasteiger partial charge in [0, 0.05) is 29.6 Å². The number of carbonyl (C=O) groups is 2. The zero-order chi connectivity index (χ0) is 21.2. The molecule has 0 spiro atoms. The summed E-state index contributed by atoms with van der Waals surface area (Å²) < 4.78 is 0. The summed E-state index contributed by atoms with van der Waals surface area (Å²) in [5.74, 6) is -0.156. The van der Waals surface area contributed by atoms with E-state index in [0.717, 1.165) is 16.2 Å². The van der Waals surface area contributed by atoms with Crippen LogP contribution >= 0.6 is 11.6 Å². The van der Waals surface area contributed by atoms with E-state index in [4.69, 9.17) is 16.7 Å². The Labute approximate surface area is 178 Å². The van der Waals surface area contributed by atoms with Crippen LogP contribution in [0, 0.1) is 5.92 Å². The first-order valence-corrected chi connectivity index (χ1v) is 11.1. The first-order valence-electron chi connectivity index (χ1n) is 10.8. The van der Waals surface area contributed by atoms with Crippen LogP contribution in [0.25, 0.3) is 0 Å². The number of carbonyl (C=O) groups excluding carboxylic acids is 1. The predicted octanol–water partition coefficient (Wildman–Crippen LogP) is 5.89. The highest BCUT2D eigenvalue weighted by Gasteiger charge is 2.40. The molecule has 1 N–H and O–H groups in total. The number of aliphatic carboxylic acids is 1. The van der Waals surface area contributed by atoms with Gasteiger partial charge in [-0.2, -0.15) is 0 Å². The average molecular weight is 418 g/mol. The number of rotatable bonds is 6. The lowest BCUT2D eigenvalue weighted by Gasteiger charge is -2.41. The van der Waals surface area contributed by atoms with Gasteiger partial charge < -0.3 is 10.0 Å². The third-order valence-electron chi connectivity index (χ3n) is 6.63. The molecule has 1 saturated carbocycles. The van der Waals surface area contributed by atoms with E-state index in [9.17, 15) is 9.59 Å². The minimum atomic E-state index is -0.893. The molecule has 1 aliphatic heterocycles. The molecular weight excluding hydrogens is 386 g/mol. The molecule has 4 nitrogen and oxygen atoms in total. The second-order valence-electron chi connectivity index (χ2n) is 9.05. The molecule has 158 valence electrons. The molecule has 1 atom stereocenters. The number of nitrogens with zero attached hydrogens (tertiary/aromatic N) is 1. The minimum Gasteiger partial charge on any atom is -0.481 e. The van der Waals surface area contributed by atoms with E-state index in [2.05, 4.69) is 39.0 Å². The van der Waals surface area contributed by atoms with Gasteiger partial charge in [-0.25, -0.2) is 0 Å². The van der Waals surface area contributed by atoms with E-state index >= 15 is 0 Å². The maximum Gasteiger partial charge on any atom is 0.305 e. The van der Waals surface area contributed by atoms with Gasteiger partial charge in [-0.3, -0.25) is 9.59 Å². The molecule has 1 fully saturated rings. The lowest BCUT2D eigenvalue weighted by atomic mass is 9.68. The average Bonchev–Trinajstić information content (AvgIpc) is 2.67. The summed E-state index contributed by atoms with van der Waals surface area (Å²) in [6.45, 7) is 6.56. The van der Waals surface area contributed by atoms with Crippen LogP contribution in [-0.2, 0) is 15.0 Å². The Hall–Kier alpha value is -1.81. The molecule has 0 saturated heterocycles. The summed E-state index contributed by atoms with van der Waals surface area (Å²) in [4.78, 5) is 25.3. The van der Waals surface area contributed by atoms with Crippen LogP contribution < -0.4 is 0 Å².